The molecule has 6 heteroatoms. The van der Waals surface area contributed by atoms with Crippen LogP contribution in [-0.4, -0.2) is 44.5 Å². The van der Waals surface area contributed by atoms with Gasteiger partial charge < -0.3 is 20.9 Å². The Hall–Kier alpha value is -1.82. The lowest BCUT2D eigenvalue weighted by Crippen LogP contribution is -2.31. The lowest BCUT2D eigenvalue weighted by Gasteiger charge is -2.25. The molecular weight excluding hydrogens is 259 g/mol. The maximum Gasteiger partial charge on any atom is 0.221 e. The van der Waals surface area contributed by atoms with Gasteiger partial charge in [0.2, 0.25) is 5.91 Å². The number of nitrogens with one attached hydrogen (secondary N) is 1. The number of anilines is 3. The van der Waals surface area contributed by atoms with Crippen LogP contribution >= 0.6 is 0 Å². The molecule has 1 aromatic carbocycles. The minimum atomic E-state index is -0.435. The smallest absolute Gasteiger partial charge is 0.221 e. The van der Waals surface area contributed by atoms with Gasteiger partial charge >= 0.3 is 0 Å². The number of halogens is 1. The van der Waals surface area contributed by atoms with E-state index in [4.69, 9.17) is 5.73 Å². The Morgan fingerprint density at radius 2 is 2.00 bits per heavy atom. The summed E-state index contributed by atoms with van der Waals surface area (Å²) in [5.41, 5.74) is 6.68. The number of amides is 1. The minimum Gasteiger partial charge on any atom is -0.399 e. The van der Waals surface area contributed by atoms with Gasteiger partial charge in [-0.1, -0.05) is 6.92 Å². The quantitative estimate of drug-likeness (QED) is 0.780. The molecule has 0 saturated carbocycles. The number of hydrogen-bond donors (Lipinski definition) is 2. The first-order valence-corrected chi connectivity index (χ1v) is 6.61. The second kappa shape index (κ2) is 7.09. The van der Waals surface area contributed by atoms with Gasteiger partial charge in [0, 0.05) is 32.7 Å². The topological polar surface area (TPSA) is 61.6 Å². The average molecular weight is 282 g/mol. The molecule has 0 saturated heterocycles. The summed E-state index contributed by atoms with van der Waals surface area (Å²) in [5, 5.41) is 2.62. The zero-order valence-corrected chi connectivity index (χ0v) is 12.5. The number of rotatable bonds is 6. The van der Waals surface area contributed by atoms with Crippen molar-refractivity contribution in [2.24, 2.45) is 0 Å². The predicted molar refractivity (Wildman–Crippen MR) is 81.6 cm³/mol. The van der Waals surface area contributed by atoms with Crippen molar-refractivity contribution in [1.29, 1.82) is 0 Å². The molecule has 3 N–H and O–H groups in total. The van der Waals surface area contributed by atoms with Gasteiger partial charge in [-0.15, -0.1) is 0 Å². The highest BCUT2D eigenvalue weighted by molar-refractivity contribution is 5.93. The van der Waals surface area contributed by atoms with Crippen LogP contribution in [-0.2, 0) is 4.79 Å². The monoisotopic (exact) mass is 282 g/mol. The summed E-state index contributed by atoms with van der Waals surface area (Å²) in [6.07, 6.45) is 0. The molecule has 1 aromatic rings. The molecule has 0 bridgehead atoms. The third kappa shape index (κ3) is 4.38. The number of carbonyl (C=O) groups excluding carboxylic acids is 1. The highest BCUT2D eigenvalue weighted by atomic mass is 19.1. The predicted octanol–water partition coefficient (Wildman–Crippen LogP) is 1.75. The second-order valence-electron chi connectivity index (χ2n) is 4.90. The largest absolute Gasteiger partial charge is 0.399 e. The van der Waals surface area contributed by atoms with Gasteiger partial charge in [0.05, 0.1) is 11.4 Å². The van der Waals surface area contributed by atoms with Crippen molar-refractivity contribution in [2.75, 3.05) is 49.7 Å². The molecule has 0 aliphatic rings. The standard InChI is InChI=1S/C14H23FN4O/c1-5-18(3)6-7-19(4)14-12(15)8-11(16)9-13(14)17-10(2)20/h8-9H,5-7,16H2,1-4H3,(H,17,20). The molecule has 0 aliphatic carbocycles. The van der Waals surface area contributed by atoms with E-state index in [9.17, 15) is 9.18 Å². The summed E-state index contributed by atoms with van der Waals surface area (Å²) in [6, 6.07) is 2.83. The molecule has 1 rings (SSSR count). The van der Waals surface area contributed by atoms with E-state index < -0.39 is 5.82 Å². The van der Waals surface area contributed by atoms with Crippen LogP contribution < -0.4 is 16.0 Å². The van der Waals surface area contributed by atoms with Crippen molar-refractivity contribution < 1.29 is 9.18 Å². The number of hydrogen-bond acceptors (Lipinski definition) is 4. The number of likely N-dealkylation sites (N-methyl/N-ethyl adjacent to an activating group) is 2. The molecule has 0 spiro atoms. The van der Waals surface area contributed by atoms with E-state index in [1.807, 2.05) is 7.05 Å². The lowest BCUT2D eigenvalue weighted by molar-refractivity contribution is -0.114. The second-order valence-corrected chi connectivity index (χ2v) is 4.90. The Morgan fingerprint density at radius 3 is 2.55 bits per heavy atom. The van der Waals surface area contributed by atoms with Gasteiger partial charge in [-0.05, 0) is 25.7 Å². The molecule has 0 fully saturated rings. The highest BCUT2D eigenvalue weighted by Gasteiger charge is 2.15. The number of nitrogen functional groups attached to an aromatic ring is 1. The van der Waals surface area contributed by atoms with Crippen LogP contribution in [0.2, 0.25) is 0 Å². The number of nitrogens with two attached hydrogens (primary N) is 1. The average Bonchev–Trinajstić information content (AvgIpc) is 2.34. The van der Waals surface area contributed by atoms with E-state index in [0.29, 0.717) is 17.9 Å². The van der Waals surface area contributed by atoms with Crippen LogP contribution in [0.1, 0.15) is 13.8 Å². The fraction of sp³-hybridized carbons (Fsp3) is 0.500. The van der Waals surface area contributed by atoms with Gasteiger partial charge in [0.25, 0.3) is 0 Å². The van der Waals surface area contributed by atoms with Crippen LogP contribution in [0, 0.1) is 5.82 Å². The van der Waals surface area contributed by atoms with Crippen LogP contribution in [0.3, 0.4) is 0 Å². The summed E-state index contributed by atoms with van der Waals surface area (Å²) in [6.45, 7) is 5.83. The zero-order valence-electron chi connectivity index (χ0n) is 12.5. The number of carbonyl (C=O) groups is 1. The van der Waals surface area contributed by atoms with Crippen LogP contribution in [0.25, 0.3) is 0 Å². The lowest BCUT2D eigenvalue weighted by atomic mass is 10.2. The number of benzene rings is 1. The van der Waals surface area contributed by atoms with Crippen molar-refractivity contribution in [3.63, 3.8) is 0 Å². The Bertz CT molecular complexity index is 478. The Morgan fingerprint density at radius 1 is 1.35 bits per heavy atom. The summed E-state index contributed by atoms with van der Waals surface area (Å²) >= 11 is 0. The molecule has 0 atom stereocenters. The summed E-state index contributed by atoms with van der Waals surface area (Å²) in [5.74, 6) is -0.689. The fourth-order valence-electron chi connectivity index (χ4n) is 1.88. The highest BCUT2D eigenvalue weighted by Crippen LogP contribution is 2.31. The van der Waals surface area contributed by atoms with Gasteiger partial charge in [-0.25, -0.2) is 4.39 Å². The summed E-state index contributed by atoms with van der Waals surface area (Å²) < 4.78 is 14.1. The maximum atomic E-state index is 14.1. The third-order valence-electron chi connectivity index (χ3n) is 3.14. The first-order valence-electron chi connectivity index (χ1n) is 6.61. The van der Waals surface area contributed by atoms with E-state index in [1.165, 1.54) is 13.0 Å². The molecule has 0 aliphatic heterocycles. The third-order valence-corrected chi connectivity index (χ3v) is 3.14. The molecule has 0 heterocycles. The molecule has 0 radical (unpaired) electrons. The Labute approximate surface area is 119 Å². The van der Waals surface area contributed by atoms with Gasteiger partial charge in [-0.2, -0.15) is 0 Å². The van der Waals surface area contributed by atoms with Crippen molar-refractivity contribution in [1.82, 2.24) is 4.90 Å². The van der Waals surface area contributed by atoms with Crippen LogP contribution in [0.4, 0.5) is 21.5 Å². The number of nitrogens with zero attached hydrogens (tertiary/aromatic N) is 2. The van der Waals surface area contributed by atoms with E-state index in [-0.39, 0.29) is 11.6 Å². The normalized spacial score (nSPS) is 10.7. The SMILES string of the molecule is CCN(C)CCN(C)c1c(F)cc(N)cc1NC(C)=O. The van der Waals surface area contributed by atoms with E-state index in [2.05, 4.69) is 17.1 Å². The van der Waals surface area contributed by atoms with E-state index in [1.54, 1.807) is 18.0 Å². The van der Waals surface area contributed by atoms with Gasteiger partial charge in [0.1, 0.15) is 0 Å². The maximum absolute atomic E-state index is 14.1. The summed E-state index contributed by atoms with van der Waals surface area (Å²) in [7, 11) is 3.80. The Kier molecular flexibility index (Phi) is 5.76. The van der Waals surface area contributed by atoms with E-state index in [0.717, 1.165) is 13.1 Å². The minimum absolute atomic E-state index is 0.254. The molecule has 0 aromatic heterocycles. The first-order chi connectivity index (χ1) is 9.35. The first kappa shape index (κ1) is 16.2. The summed E-state index contributed by atoms with van der Waals surface area (Å²) in [4.78, 5) is 15.1. The van der Waals surface area contributed by atoms with Crippen molar-refractivity contribution in [3.8, 4) is 0 Å². The Balaban J connectivity index is 2.99. The molecule has 112 valence electrons. The van der Waals surface area contributed by atoms with Gasteiger partial charge in [0.15, 0.2) is 5.82 Å². The van der Waals surface area contributed by atoms with Crippen molar-refractivity contribution in [2.45, 2.75) is 13.8 Å². The van der Waals surface area contributed by atoms with Crippen LogP contribution in [0.5, 0.6) is 0 Å². The molecule has 0 unspecified atom stereocenters. The van der Waals surface area contributed by atoms with Gasteiger partial charge in [-0.3, -0.25) is 4.79 Å². The molecule has 5 nitrogen and oxygen atoms in total. The van der Waals surface area contributed by atoms with Crippen molar-refractivity contribution in [3.05, 3.63) is 17.9 Å². The zero-order chi connectivity index (χ0) is 15.3. The van der Waals surface area contributed by atoms with E-state index >= 15 is 0 Å². The fourth-order valence-corrected chi connectivity index (χ4v) is 1.88. The molecular formula is C14H23FN4O. The van der Waals surface area contributed by atoms with Crippen LogP contribution in [0.15, 0.2) is 12.1 Å². The molecule has 1 amide bonds. The molecule has 20 heavy (non-hydrogen) atoms. The van der Waals surface area contributed by atoms with Crippen molar-refractivity contribution >= 4 is 23.0 Å².